The van der Waals surface area contributed by atoms with Gasteiger partial charge in [-0.3, -0.25) is 0 Å². The Kier molecular flexibility index (Phi) is 5.16. The van der Waals surface area contributed by atoms with Crippen molar-refractivity contribution in [2.45, 2.75) is 0 Å². The molecule has 0 fully saturated rings. The SMILES string of the molecule is c1ccc2c(c1)B1c3cc4c(cc3N(c3ccc5c(c3)oc3ccccc35)c3cc(-c5cccc6c5oc5ccccc56)cc-2c31)oc1ccccc14. The molecule has 11 aromatic rings. The van der Waals surface area contributed by atoms with E-state index in [4.69, 9.17) is 13.3 Å². The van der Waals surface area contributed by atoms with Gasteiger partial charge in [0, 0.05) is 67.1 Å². The summed E-state index contributed by atoms with van der Waals surface area (Å²) in [5, 5.41) is 6.74. The third-order valence-electron chi connectivity index (χ3n) is 11.7. The van der Waals surface area contributed by atoms with Crippen molar-refractivity contribution in [2.75, 3.05) is 4.90 Å². The van der Waals surface area contributed by atoms with Gasteiger partial charge in [-0.1, -0.05) is 109 Å². The molecule has 0 aliphatic carbocycles. The van der Waals surface area contributed by atoms with Crippen LogP contribution in [0.2, 0.25) is 0 Å². The van der Waals surface area contributed by atoms with Gasteiger partial charge in [0.1, 0.15) is 33.5 Å². The Morgan fingerprint density at radius 1 is 0.377 bits per heavy atom. The van der Waals surface area contributed by atoms with Crippen molar-refractivity contribution < 1.29 is 13.3 Å². The van der Waals surface area contributed by atoms with E-state index in [0.717, 1.165) is 94.0 Å². The minimum Gasteiger partial charge on any atom is -0.456 e. The van der Waals surface area contributed by atoms with Crippen LogP contribution < -0.4 is 21.3 Å². The summed E-state index contributed by atoms with van der Waals surface area (Å²) in [5.41, 5.74) is 17.2. The van der Waals surface area contributed by atoms with Crippen molar-refractivity contribution in [1.82, 2.24) is 0 Å². The summed E-state index contributed by atoms with van der Waals surface area (Å²) < 4.78 is 19.7. The molecule has 0 saturated heterocycles. The van der Waals surface area contributed by atoms with Crippen LogP contribution in [0.3, 0.4) is 0 Å². The second kappa shape index (κ2) is 9.87. The van der Waals surface area contributed by atoms with E-state index in [1.165, 1.54) is 27.5 Å². The zero-order chi connectivity index (χ0) is 34.4. The van der Waals surface area contributed by atoms with E-state index in [0.29, 0.717) is 0 Å². The normalized spacial score (nSPS) is 13.2. The van der Waals surface area contributed by atoms with Gasteiger partial charge in [0.15, 0.2) is 0 Å². The molecule has 0 bridgehead atoms. The zero-order valence-electron chi connectivity index (χ0n) is 28.3. The molecule has 0 radical (unpaired) electrons. The summed E-state index contributed by atoms with van der Waals surface area (Å²) in [7, 11) is 0. The van der Waals surface area contributed by atoms with Gasteiger partial charge in [-0.2, -0.15) is 0 Å². The largest absolute Gasteiger partial charge is 0.456 e. The third kappa shape index (κ3) is 3.61. The number of benzene rings is 8. The summed E-state index contributed by atoms with van der Waals surface area (Å²) >= 11 is 0. The van der Waals surface area contributed by atoms with Crippen LogP contribution in [0.4, 0.5) is 17.1 Å². The third-order valence-corrected chi connectivity index (χ3v) is 11.7. The molecule has 0 unspecified atom stereocenters. The molecular formula is C48H26BNO3. The first-order valence-corrected chi connectivity index (χ1v) is 18.1. The van der Waals surface area contributed by atoms with Crippen LogP contribution in [0.25, 0.3) is 88.1 Å². The van der Waals surface area contributed by atoms with Crippen molar-refractivity contribution >= 4 is 106 Å². The molecule has 0 amide bonds. The molecule has 5 heterocycles. The van der Waals surface area contributed by atoms with Crippen LogP contribution in [0.5, 0.6) is 0 Å². The lowest BCUT2D eigenvalue weighted by Crippen LogP contribution is -2.54. The van der Waals surface area contributed by atoms with Gasteiger partial charge < -0.3 is 18.2 Å². The van der Waals surface area contributed by atoms with Gasteiger partial charge in [0.2, 0.25) is 6.71 Å². The second-order valence-electron chi connectivity index (χ2n) is 14.4. The van der Waals surface area contributed by atoms with E-state index >= 15 is 0 Å². The molecule has 5 heteroatoms. The standard InChI is InChI=1S/C48H26BNO3/c1-5-16-38-30(10-1)37-22-27(29-14-9-15-35-32-12-3-8-19-44(32)53-48(29)35)23-41-47(37)49(38)39-25-36-33-13-4-7-18-43(33)52-46(36)26-40(39)50(41)28-20-21-34-31-11-2-6-17-42(31)51-45(34)24-28/h1-26H. The fourth-order valence-electron chi connectivity index (χ4n) is 9.42. The van der Waals surface area contributed by atoms with Gasteiger partial charge >= 0.3 is 0 Å². The number of rotatable bonds is 2. The number of anilines is 3. The molecule has 244 valence electrons. The molecule has 13 rings (SSSR count). The Labute approximate surface area is 303 Å². The molecule has 4 nitrogen and oxygen atoms in total. The van der Waals surface area contributed by atoms with Crippen molar-refractivity contribution in [3.63, 3.8) is 0 Å². The average Bonchev–Trinajstić information content (AvgIpc) is 3.96. The maximum absolute atomic E-state index is 6.62. The molecule has 0 saturated carbocycles. The van der Waals surface area contributed by atoms with E-state index in [1.807, 2.05) is 24.3 Å². The van der Waals surface area contributed by atoms with Crippen LogP contribution in [-0.4, -0.2) is 6.71 Å². The van der Waals surface area contributed by atoms with E-state index < -0.39 is 0 Å². The fourth-order valence-corrected chi connectivity index (χ4v) is 9.42. The van der Waals surface area contributed by atoms with Crippen molar-refractivity contribution in [3.8, 4) is 22.3 Å². The molecule has 0 atom stereocenters. The maximum Gasteiger partial charge on any atom is 0.248 e. The Morgan fingerprint density at radius 3 is 1.81 bits per heavy atom. The Balaban J connectivity index is 1.15. The number of hydrogen-bond acceptors (Lipinski definition) is 4. The van der Waals surface area contributed by atoms with Crippen molar-refractivity contribution in [3.05, 3.63) is 158 Å². The number of nitrogens with zero attached hydrogens (tertiary/aromatic N) is 1. The van der Waals surface area contributed by atoms with Crippen LogP contribution >= 0.6 is 0 Å². The topological polar surface area (TPSA) is 42.7 Å². The maximum atomic E-state index is 6.62. The monoisotopic (exact) mass is 675 g/mol. The quantitative estimate of drug-likeness (QED) is 0.171. The zero-order valence-corrected chi connectivity index (χ0v) is 28.3. The van der Waals surface area contributed by atoms with Gasteiger partial charge in [0.05, 0.1) is 0 Å². The lowest BCUT2D eigenvalue weighted by Gasteiger charge is -2.36. The minimum absolute atomic E-state index is 0.0616. The molecule has 2 aliphatic heterocycles. The molecule has 3 aromatic heterocycles. The predicted molar refractivity (Wildman–Crippen MR) is 218 cm³/mol. The fraction of sp³-hybridized carbons (Fsp3) is 0. The van der Waals surface area contributed by atoms with E-state index in [1.54, 1.807) is 0 Å². The summed E-state index contributed by atoms with van der Waals surface area (Å²) in [4.78, 5) is 2.43. The van der Waals surface area contributed by atoms with Crippen molar-refractivity contribution in [1.29, 1.82) is 0 Å². The lowest BCUT2D eigenvalue weighted by atomic mass is 9.37. The summed E-state index contributed by atoms with van der Waals surface area (Å²) in [6.45, 7) is 0.0616. The molecule has 8 aromatic carbocycles. The number of fused-ring (bicyclic) bond motifs is 14. The van der Waals surface area contributed by atoms with Gasteiger partial charge in [0.25, 0.3) is 0 Å². The minimum atomic E-state index is 0.0616. The first-order chi connectivity index (χ1) is 26.3. The molecule has 0 N–H and O–H groups in total. The van der Waals surface area contributed by atoms with Crippen molar-refractivity contribution in [2.24, 2.45) is 0 Å². The van der Waals surface area contributed by atoms with Gasteiger partial charge in [-0.25, -0.2) is 0 Å². The summed E-state index contributed by atoms with van der Waals surface area (Å²) in [5.74, 6) is 0. The molecule has 2 aliphatic rings. The Bertz CT molecular complexity index is 3380. The highest BCUT2D eigenvalue weighted by Gasteiger charge is 2.43. The summed E-state index contributed by atoms with van der Waals surface area (Å²) in [6.07, 6.45) is 0. The first-order valence-electron chi connectivity index (χ1n) is 18.1. The molecule has 53 heavy (non-hydrogen) atoms. The highest BCUT2D eigenvalue weighted by molar-refractivity contribution is 7.01. The number of para-hydroxylation sites is 4. The van der Waals surface area contributed by atoms with Crippen LogP contribution in [-0.2, 0) is 0 Å². The highest BCUT2D eigenvalue weighted by atomic mass is 16.3. The highest BCUT2D eigenvalue weighted by Crippen LogP contribution is 2.47. The first kappa shape index (κ1) is 27.7. The number of furan rings is 3. The smallest absolute Gasteiger partial charge is 0.248 e. The molecular weight excluding hydrogens is 649 g/mol. The molecule has 0 spiro atoms. The van der Waals surface area contributed by atoms with E-state index in [-0.39, 0.29) is 6.71 Å². The summed E-state index contributed by atoms with van der Waals surface area (Å²) in [6, 6.07) is 56.4. The van der Waals surface area contributed by atoms with Gasteiger partial charge in [-0.05, 0) is 70.1 Å². The predicted octanol–water partition coefficient (Wildman–Crippen LogP) is 11.3. The van der Waals surface area contributed by atoms with E-state index in [9.17, 15) is 0 Å². The van der Waals surface area contributed by atoms with Crippen LogP contribution in [0.15, 0.2) is 171 Å². The Hall–Kier alpha value is -6.98. The second-order valence-corrected chi connectivity index (χ2v) is 14.4. The number of hydrogen-bond donors (Lipinski definition) is 0. The van der Waals surface area contributed by atoms with Crippen LogP contribution in [0.1, 0.15) is 0 Å². The Morgan fingerprint density at radius 2 is 1.00 bits per heavy atom. The van der Waals surface area contributed by atoms with E-state index in [2.05, 4.69) is 138 Å². The van der Waals surface area contributed by atoms with Crippen LogP contribution in [0, 0.1) is 0 Å². The average molecular weight is 676 g/mol. The lowest BCUT2D eigenvalue weighted by molar-refractivity contribution is 0.669. The van der Waals surface area contributed by atoms with Gasteiger partial charge in [-0.15, -0.1) is 0 Å².